The average molecular weight is 231 g/mol. The normalized spacial score (nSPS) is 12.1. The van der Waals surface area contributed by atoms with Crippen LogP contribution in [0.25, 0.3) is 0 Å². The Bertz CT molecular complexity index is 411. The van der Waals surface area contributed by atoms with Gasteiger partial charge >= 0.3 is 5.82 Å². The number of nitrogens with zero attached hydrogens (tertiary/aromatic N) is 4. The van der Waals surface area contributed by atoms with Crippen LogP contribution in [0.3, 0.4) is 0 Å². The van der Waals surface area contributed by atoms with Crippen LogP contribution in [0.2, 0.25) is 0 Å². The fraction of sp³-hybridized carbons (Fsp3) is 0.429. The highest BCUT2D eigenvalue weighted by molar-refractivity contribution is 6.18. The molecule has 80 valence electrons. The molecule has 1 heterocycles. The topological polar surface area (TPSA) is 105 Å². The molecule has 0 bridgehead atoms. The van der Waals surface area contributed by atoms with E-state index in [-0.39, 0.29) is 18.0 Å². The molecule has 0 saturated carbocycles. The number of rotatable bonds is 4. The summed E-state index contributed by atoms with van der Waals surface area (Å²) in [7, 11) is 0. The summed E-state index contributed by atoms with van der Waals surface area (Å²) in [5.74, 6) is -0.519. The number of aliphatic hydroxyl groups is 1. The molecule has 1 aromatic rings. The first kappa shape index (κ1) is 11.4. The first-order valence-electron chi connectivity index (χ1n) is 3.94. The van der Waals surface area contributed by atoms with Crippen LogP contribution in [0.15, 0.2) is 6.20 Å². The van der Waals surface area contributed by atoms with Gasteiger partial charge in [0.15, 0.2) is 5.56 Å². The Morgan fingerprint density at radius 1 is 1.87 bits per heavy atom. The Hall–Kier alpha value is -1.65. The molecule has 0 saturated heterocycles. The van der Waals surface area contributed by atoms with E-state index in [1.54, 1.807) is 6.07 Å². The van der Waals surface area contributed by atoms with Crippen molar-refractivity contribution in [1.29, 1.82) is 5.26 Å². The van der Waals surface area contributed by atoms with Crippen LogP contribution >= 0.6 is 11.6 Å². The van der Waals surface area contributed by atoms with Gasteiger partial charge in [0.1, 0.15) is 6.07 Å². The predicted octanol–water partition coefficient (Wildman–Crippen LogP) is 0.263. The number of hydrogen-bond acceptors (Lipinski definition) is 5. The average Bonchev–Trinajstić information content (AvgIpc) is 2.60. The Morgan fingerprint density at radius 2 is 2.53 bits per heavy atom. The molecule has 0 fully saturated rings. The summed E-state index contributed by atoms with van der Waals surface area (Å²) in [5.41, 5.74) is -0.137. The summed E-state index contributed by atoms with van der Waals surface area (Å²) in [5, 5.41) is 31.7. The maximum atomic E-state index is 10.4. The number of halogens is 1. The van der Waals surface area contributed by atoms with Gasteiger partial charge in [-0.2, -0.15) is 9.94 Å². The first-order chi connectivity index (χ1) is 7.08. The van der Waals surface area contributed by atoms with Gasteiger partial charge in [-0.25, -0.2) is 0 Å². The van der Waals surface area contributed by atoms with Crippen LogP contribution in [0.1, 0.15) is 5.56 Å². The van der Waals surface area contributed by atoms with Gasteiger partial charge < -0.3 is 15.2 Å². The molecule has 0 aliphatic rings. The molecule has 8 heteroatoms. The monoisotopic (exact) mass is 230 g/mol. The molecule has 0 aliphatic carbocycles. The molecule has 0 radical (unpaired) electrons. The highest BCUT2D eigenvalue weighted by atomic mass is 35.5. The van der Waals surface area contributed by atoms with Crippen LogP contribution in [0.4, 0.5) is 5.82 Å². The van der Waals surface area contributed by atoms with Crippen molar-refractivity contribution >= 4 is 17.4 Å². The standard InChI is InChI=1S/C7H7ClN4O3/c8-1-6(13)4-11-3-5(2-9)7(10-11)12(14)15/h3,6,13H,1,4H2. The third kappa shape index (κ3) is 2.65. The number of aliphatic hydroxyl groups excluding tert-OH is 1. The zero-order chi connectivity index (χ0) is 11.4. The predicted molar refractivity (Wildman–Crippen MR) is 50.3 cm³/mol. The number of hydrogen-bond donors (Lipinski definition) is 1. The molecule has 0 amide bonds. The summed E-state index contributed by atoms with van der Waals surface area (Å²) < 4.78 is 1.13. The summed E-state index contributed by atoms with van der Waals surface area (Å²) in [4.78, 5) is 9.69. The number of alkyl halides is 1. The smallest absolute Gasteiger partial charge is 0.390 e. The van der Waals surface area contributed by atoms with Crippen molar-refractivity contribution in [1.82, 2.24) is 9.78 Å². The molecule has 1 aromatic heterocycles. The molecule has 1 N–H and O–H groups in total. The molecule has 1 atom stereocenters. The lowest BCUT2D eigenvalue weighted by atomic mass is 10.3. The fourth-order valence-electron chi connectivity index (χ4n) is 0.983. The molecule has 0 spiro atoms. The second-order valence-electron chi connectivity index (χ2n) is 2.77. The van der Waals surface area contributed by atoms with E-state index >= 15 is 0 Å². The number of nitro groups is 1. The highest BCUT2D eigenvalue weighted by Gasteiger charge is 2.21. The second kappa shape index (κ2) is 4.72. The van der Waals surface area contributed by atoms with Crippen molar-refractivity contribution in [2.45, 2.75) is 12.6 Å². The summed E-state index contributed by atoms with van der Waals surface area (Å²) in [6.07, 6.45) is 0.353. The Kier molecular flexibility index (Phi) is 3.60. The van der Waals surface area contributed by atoms with E-state index in [0.29, 0.717) is 0 Å². The molecule has 15 heavy (non-hydrogen) atoms. The van der Waals surface area contributed by atoms with E-state index in [9.17, 15) is 15.2 Å². The molecule has 0 aliphatic heterocycles. The lowest BCUT2D eigenvalue weighted by Crippen LogP contribution is -2.17. The molecular formula is C7H7ClN4O3. The Labute approximate surface area is 89.6 Å². The molecule has 7 nitrogen and oxygen atoms in total. The van der Waals surface area contributed by atoms with E-state index in [4.69, 9.17) is 16.9 Å². The van der Waals surface area contributed by atoms with E-state index in [0.717, 1.165) is 4.68 Å². The zero-order valence-corrected chi connectivity index (χ0v) is 8.26. The first-order valence-corrected chi connectivity index (χ1v) is 4.48. The van der Waals surface area contributed by atoms with Crippen LogP contribution in [-0.2, 0) is 6.54 Å². The zero-order valence-electron chi connectivity index (χ0n) is 7.50. The van der Waals surface area contributed by atoms with Crippen LogP contribution in [-0.4, -0.2) is 31.8 Å². The van der Waals surface area contributed by atoms with Gasteiger partial charge in [0.05, 0.1) is 29.8 Å². The van der Waals surface area contributed by atoms with Crippen molar-refractivity contribution < 1.29 is 10.0 Å². The van der Waals surface area contributed by atoms with E-state index < -0.39 is 16.8 Å². The highest BCUT2D eigenvalue weighted by Crippen LogP contribution is 2.14. The third-order valence-electron chi connectivity index (χ3n) is 1.61. The van der Waals surface area contributed by atoms with Gasteiger partial charge in [-0.3, -0.25) is 0 Å². The van der Waals surface area contributed by atoms with Gasteiger partial charge in [0, 0.05) is 0 Å². The van der Waals surface area contributed by atoms with Crippen molar-refractivity contribution in [3.8, 4) is 6.07 Å². The third-order valence-corrected chi connectivity index (χ3v) is 1.97. The minimum Gasteiger partial charge on any atom is -0.390 e. The minimum atomic E-state index is -0.849. The lowest BCUT2D eigenvalue weighted by molar-refractivity contribution is -0.390. The van der Waals surface area contributed by atoms with Gasteiger partial charge in [-0.05, 0) is 4.92 Å². The molecule has 0 aromatic carbocycles. The maximum Gasteiger partial charge on any atom is 0.407 e. The van der Waals surface area contributed by atoms with E-state index in [1.807, 2.05) is 0 Å². The van der Waals surface area contributed by atoms with Crippen molar-refractivity contribution in [2.75, 3.05) is 5.88 Å². The van der Waals surface area contributed by atoms with Gasteiger partial charge in [-0.15, -0.1) is 11.6 Å². The maximum absolute atomic E-state index is 10.4. The van der Waals surface area contributed by atoms with E-state index in [1.165, 1.54) is 6.20 Å². The second-order valence-corrected chi connectivity index (χ2v) is 3.07. The molecule has 1 rings (SSSR count). The number of aromatic nitrogens is 2. The minimum absolute atomic E-state index is 0.00442. The van der Waals surface area contributed by atoms with Crippen LogP contribution in [0.5, 0.6) is 0 Å². The van der Waals surface area contributed by atoms with Crippen molar-refractivity contribution in [3.63, 3.8) is 0 Å². The largest absolute Gasteiger partial charge is 0.407 e. The Morgan fingerprint density at radius 3 is 2.93 bits per heavy atom. The number of nitriles is 1. The summed E-state index contributed by atoms with van der Waals surface area (Å²) >= 11 is 5.35. The molecule has 1 unspecified atom stereocenters. The van der Waals surface area contributed by atoms with Crippen LogP contribution in [0, 0.1) is 21.4 Å². The van der Waals surface area contributed by atoms with E-state index in [2.05, 4.69) is 5.10 Å². The Balaban J connectivity index is 2.94. The quantitative estimate of drug-likeness (QED) is 0.454. The van der Waals surface area contributed by atoms with Crippen molar-refractivity contribution in [2.24, 2.45) is 0 Å². The van der Waals surface area contributed by atoms with Gasteiger partial charge in [-0.1, -0.05) is 0 Å². The van der Waals surface area contributed by atoms with Gasteiger partial charge in [0.2, 0.25) is 0 Å². The molecular weight excluding hydrogens is 224 g/mol. The fourth-order valence-corrected chi connectivity index (χ4v) is 1.08. The SMILES string of the molecule is N#Cc1cn(CC(O)CCl)nc1[N+](=O)[O-]. The van der Waals surface area contributed by atoms with Gasteiger partial charge in [0.25, 0.3) is 0 Å². The van der Waals surface area contributed by atoms with Crippen LogP contribution < -0.4 is 0 Å². The van der Waals surface area contributed by atoms with Crippen molar-refractivity contribution in [3.05, 3.63) is 21.9 Å². The summed E-state index contributed by atoms with van der Waals surface area (Å²) in [6.45, 7) is 0.0199. The summed E-state index contributed by atoms with van der Waals surface area (Å²) in [6, 6.07) is 1.65. The lowest BCUT2D eigenvalue weighted by Gasteiger charge is -2.01.